The molecule has 1 rings (SSSR count). The molecule has 0 nitrogen and oxygen atoms in total. The highest BCUT2D eigenvalue weighted by Gasteiger charge is 2.22. The molecule has 0 aliphatic heterocycles. The predicted octanol–water partition coefficient (Wildman–Crippen LogP) is 4.28. The molecule has 0 radical (unpaired) electrons. The third-order valence-corrected chi connectivity index (χ3v) is 4.00. The maximum atomic E-state index is 5.93. The molecule has 2 heteroatoms. The fraction of sp³-hybridized carbons (Fsp3) is 0.538. The van der Waals surface area contributed by atoms with Gasteiger partial charge in [0.05, 0.1) is 0 Å². The predicted molar refractivity (Wildman–Crippen MR) is 69.1 cm³/mol. The Morgan fingerprint density at radius 3 is 1.87 bits per heavy atom. The highest BCUT2D eigenvalue weighted by Crippen LogP contribution is 2.26. The van der Waals surface area contributed by atoms with Crippen LogP contribution in [0.1, 0.15) is 25.0 Å². The standard InChI is InChI=1S/C13H18Cl2/c1-3-11-4-6-12(7-5-11)8-13(2,9-14)10-15/h4-7H,3,8-10H2,1-2H3. The molecule has 0 spiro atoms. The fourth-order valence-corrected chi connectivity index (χ4v) is 1.99. The lowest BCUT2D eigenvalue weighted by Gasteiger charge is -2.24. The first-order chi connectivity index (χ1) is 7.13. The second-order valence-electron chi connectivity index (χ2n) is 4.42. The summed E-state index contributed by atoms with van der Waals surface area (Å²) in [6.45, 7) is 4.29. The number of aryl methyl sites for hydroxylation is 1. The van der Waals surface area contributed by atoms with Crippen LogP contribution in [0.15, 0.2) is 24.3 Å². The Morgan fingerprint density at radius 1 is 1.00 bits per heavy atom. The van der Waals surface area contributed by atoms with Gasteiger partial charge < -0.3 is 0 Å². The van der Waals surface area contributed by atoms with E-state index in [0.717, 1.165) is 12.8 Å². The van der Waals surface area contributed by atoms with Crippen molar-refractivity contribution in [3.63, 3.8) is 0 Å². The topological polar surface area (TPSA) is 0 Å². The van der Waals surface area contributed by atoms with Crippen LogP contribution in [0.2, 0.25) is 0 Å². The van der Waals surface area contributed by atoms with Gasteiger partial charge >= 0.3 is 0 Å². The van der Waals surface area contributed by atoms with E-state index < -0.39 is 0 Å². The van der Waals surface area contributed by atoms with Crippen molar-refractivity contribution < 1.29 is 0 Å². The van der Waals surface area contributed by atoms with E-state index in [2.05, 4.69) is 38.1 Å². The molecular weight excluding hydrogens is 227 g/mol. The maximum absolute atomic E-state index is 5.93. The van der Waals surface area contributed by atoms with E-state index in [0.29, 0.717) is 11.8 Å². The minimum Gasteiger partial charge on any atom is -0.126 e. The Kier molecular flexibility index (Phi) is 4.95. The van der Waals surface area contributed by atoms with Gasteiger partial charge in [-0.1, -0.05) is 38.1 Å². The van der Waals surface area contributed by atoms with Gasteiger partial charge in [0.1, 0.15) is 0 Å². The number of halogens is 2. The van der Waals surface area contributed by atoms with Gasteiger partial charge in [0.15, 0.2) is 0 Å². The van der Waals surface area contributed by atoms with E-state index >= 15 is 0 Å². The minimum absolute atomic E-state index is 0.0108. The van der Waals surface area contributed by atoms with Crippen LogP contribution in [-0.4, -0.2) is 11.8 Å². The summed E-state index contributed by atoms with van der Waals surface area (Å²) in [5, 5.41) is 0. The molecule has 0 heterocycles. The van der Waals surface area contributed by atoms with Gasteiger partial charge in [-0.2, -0.15) is 0 Å². The largest absolute Gasteiger partial charge is 0.126 e. The molecular formula is C13H18Cl2. The number of alkyl halides is 2. The van der Waals surface area contributed by atoms with Crippen molar-refractivity contribution in [2.24, 2.45) is 5.41 Å². The van der Waals surface area contributed by atoms with Crippen molar-refractivity contribution in [3.8, 4) is 0 Å². The average Bonchev–Trinajstić information content (AvgIpc) is 2.30. The summed E-state index contributed by atoms with van der Waals surface area (Å²) in [4.78, 5) is 0. The van der Waals surface area contributed by atoms with Crippen molar-refractivity contribution in [3.05, 3.63) is 35.4 Å². The summed E-state index contributed by atoms with van der Waals surface area (Å²) < 4.78 is 0. The number of hydrogen-bond acceptors (Lipinski definition) is 0. The zero-order chi connectivity index (χ0) is 11.3. The van der Waals surface area contributed by atoms with Gasteiger partial charge in [0.25, 0.3) is 0 Å². The van der Waals surface area contributed by atoms with E-state index in [1.807, 2.05) is 0 Å². The molecule has 0 saturated heterocycles. The third-order valence-electron chi connectivity index (χ3n) is 2.71. The molecule has 0 fully saturated rings. The van der Waals surface area contributed by atoms with Crippen LogP contribution >= 0.6 is 23.2 Å². The van der Waals surface area contributed by atoms with Gasteiger partial charge in [-0.05, 0) is 29.4 Å². The Labute approximate surface area is 103 Å². The summed E-state index contributed by atoms with van der Waals surface area (Å²) in [6.07, 6.45) is 2.03. The van der Waals surface area contributed by atoms with Crippen LogP contribution in [0, 0.1) is 5.41 Å². The quantitative estimate of drug-likeness (QED) is 0.679. The molecule has 84 valence electrons. The zero-order valence-corrected chi connectivity index (χ0v) is 10.9. The maximum Gasteiger partial charge on any atom is 0.0291 e. The number of hydrogen-bond donors (Lipinski definition) is 0. The molecule has 0 unspecified atom stereocenters. The summed E-state index contributed by atoms with van der Waals surface area (Å²) in [5.74, 6) is 1.21. The first-order valence-corrected chi connectivity index (χ1v) is 6.40. The van der Waals surface area contributed by atoms with E-state index in [1.165, 1.54) is 11.1 Å². The van der Waals surface area contributed by atoms with Crippen LogP contribution in [0.3, 0.4) is 0 Å². The van der Waals surface area contributed by atoms with Crippen LogP contribution in [0.4, 0.5) is 0 Å². The van der Waals surface area contributed by atoms with Gasteiger partial charge in [-0.25, -0.2) is 0 Å². The molecule has 0 amide bonds. The van der Waals surface area contributed by atoms with E-state index in [1.54, 1.807) is 0 Å². The Morgan fingerprint density at radius 2 is 1.47 bits per heavy atom. The van der Waals surface area contributed by atoms with Crippen LogP contribution in [0.25, 0.3) is 0 Å². The normalized spacial score (nSPS) is 11.7. The molecule has 0 aliphatic rings. The van der Waals surface area contributed by atoms with Gasteiger partial charge in [0.2, 0.25) is 0 Å². The zero-order valence-electron chi connectivity index (χ0n) is 9.39. The molecule has 1 aromatic rings. The first kappa shape index (κ1) is 12.9. The first-order valence-electron chi connectivity index (χ1n) is 5.33. The Bertz CT molecular complexity index is 286. The third kappa shape index (κ3) is 3.70. The van der Waals surface area contributed by atoms with Crippen LogP contribution < -0.4 is 0 Å². The van der Waals surface area contributed by atoms with Gasteiger partial charge in [-0.3, -0.25) is 0 Å². The second kappa shape index (κ2) is 5.77. The summed E-state index contributed by atoms with van der Waals surface area (Å²) >= 11 is 11.9. The average molecular weight is 245 g/mol. The van der Waals surface area contributed by atoms with Crippen molar-refractivity contribution in [1.29, 1.82) is 0 Å². The van der Waals surface area contributed by atoms with Crippen molar-refractivity contribution in [1.82, 2.24) is 0 Å². The van der Waals surface area contributed by atoms with E-state index in [-0.39, 0.29) is 5.41 Å². The van der Waals surface area contributed by atoms with Gasteiger partial charge in [0, 0.05) is 11.8 Å². The minimum atomic E-state index is 0.0108. The van der Waals surface area contributed by atoms with Gasteiger partial charge in [-0.15, -0.1) is 23.2 Å². The Balaban J connectivity index is 2.71. The van der Waals surface area contributed by atoms with E-state index in [9.17, 15) is 0 Å². The highest BCUT2D eigenvalue weighted by atomic mass is 35.5. The molecule has 0 atom stereocenters. The molecule has 1 aromatic carbocycles. The summed E-state index contributed by atoms with van der Waals surface area (Å²) in [5.41, 5.74) is 2.70. The van der Waals surface area contributed by atoms with Crippen LogP contribution in [0.5, 0.6) is 0 Å². The smallest absolute Gasteiger partial charge is 0.0291 e. The van der Waals surface area contributed by atoms with Crippen molar-refractivity contribution >= 4 is 23.2 Å². The summed E-state index contributed by atoms with van der Waals surface area (Å²) in [6, 6.07) is 8.71. The lowest BCUT2D eigenvalue weighted by atomic mass is 9.87. The Hall–Kier alpha value is -0.200. The van der Waals surface area contributed by atoms with Crippen molar-refractivity contribution in [2.45, 2.75) is 26.7 Å². The second-order valence-corrected chi connectivity index (χ2v) is 4.96. The molecule has 0 bridgehead atoms. The lowest BCUT2D eigenvalue weighted by molar-refractivity contribution is 0.425. The SMILES string of the molecule is CCc1ccc(CC(C)(CCl)CCl)cc1. The molecule has 0 N–H and O–H groups in total. The molecule has 0 aromatic heterocycles. The summed E-state index contributed by atoms with van der Waals surface area (Å²) in [7, 11) is 0. The fourth-order valence-electron chi connectivity index (χ4n) is 1.52. The molecule has 0 saturated carbocycles. The van der Waals surface area contributed by atoms with Crippen LogP contribution in [-0.2, 0) is 12.8 Å². The number of rotatable bonds is 5. The molecule has 0 aliphatic carbocycles. The monoisotopic (exact) mass is 244 g/mol. The highest BCUT2D eigenvalue weighted by molar-refractivity contribution is 6.21. The molecule has 15 heavy (non-hydrogen) atoms. The van der Waals surface area contributed by atoms with Crippen molar-refractivity contribution in [2.75, 3.05) is 11.8 Å². The number of benzene rings is 1. The van der Waals surface area contributed by atoms with E-state index in [4.69, 9.17) is 23.2 Å². The lowest BCUT2D eigenvalue weighted by Crippen LogP contribution is -2.23.